The van der Waals surface area contributed by atoms with Crippen LogP contribution in [-0.4, -0.2) is 35.0 Å². The Bertz CT molecular complexity index is 414. The van der Waals surface area contributed by atoms with Crippen molar-refractivity contribution in [2.24, 2.45) is 5.73 Å². The van der Waals surface area contributed by atoms with Crippen molar-refractivity contribution in [2.75, 3.05) is 25.4 Å². The molecule has 1 unspecified atom stereocenters. The molecule has 0 spiro atoms. The molecule has 0 radical (unpaired) electrons. The van der Waals surface area contributed by atoms with E-state index in [0.29, 0.717) is 10.7 Å². The van der Waals surface area contributed by atoms with Crippen molar-refractivity contribution < 1.29 is 0 Å². The zero-order chi connectivity index (χ0) is 14.6. The van der Waals surface area contributed by atoms with E-state index < -0.39 is 0 Å². The predicted octanol–water partition coefficient (Wildman–Crippen LogP) is 3.47. The fourth-order valence-corrected chi connectivity index (χ4v) is 3.70. The molecule has 0 saturated carbocycles. The lowest BCUT2D eigenvalue weighted by Gasteiger charge is -2.22. The summed E-state index contributed by atoms with van der Waals surface area (Å²) in [6.07, 6.45) is 1.28. The highest BCUT2D eigenvalue weighted by Crippen LogP contribution is 2.31. The summed E-state index contributed by atoms with van der Waals surface area (Å²) in [6, 6.07) is 9.02. The number of thioether (sulfide) groups is 1. The molecule has 1 aliphatic heterocycles. The Morgan fingerprint density at radius 1 is 1.25 bits per heavy atom. The molecule has 20 heavy (non-hydrogen) atoms. The molecule has 2 nitrogen and oxygen atoms in total. The Hall–Kier alpha value is -0.510. The van der Waals surface area contributed by atoms with Gasteiger partial charge in [-0.25, -0.2) is 0 Å². The van der Waals surface area contributed by atoms with E-state index in [1.807, 2.05) is 0 Å². The van der Waals surface area contributed by atoms with Gasteiger partial charge in [0, 0.05) is 23.6 Å². The van der Waals surface area contributed by atoms with E-state index >= 15 is 0 Å². The number of benzene rings is 1. The van der Waals surface area contributed by atoms with Crippen LogP contribution in [0, 0.1) is 0 Å². The SMILES string of the molecule is CC(CN)c1ccc(CN2CCSC(C)(C)CC2)cc1. The summed E-state index contributed by atoms with van der Waals surface area (Å²) < 4.78 is 0.440. The average molecular weight is 292 g/mol. The highest BCUT2D eigenvalue weighted by molar-refractivity contribution is 8.00. The Morgan fingerprint density at radius 2 is 1.95 bits per heavy atom. The van der Waals surface area contributed by atoms with Crippen molar-refractivity contribution in [3.05, 3.63) is 35.4 Å². The van der Waals surface area contributed by atoms with E-state index in [-0.39, 0.29) is 0 Å². The van der Waals surface area contributed by atoms with Crippen LogP contribution in [0.25, 0.3) is 0 Å². The fourth-order valence-electron chi connectivity index (χ4n) is 2.57. The minimum Gasteiger partial charge on any atom is -0.330 e. The summed E-state index contributed by atoms with van der Waals surface area (Å²) in [5.74, 6) is 1.70. The van der Waals surface area contributed by atoms with Gasteiger partial charge in [0.15, 0.2) is 0 Å². The van der Waals surface area contributed by atoms with Crippen LogP contribution in [0.4, 0.5) is 0 Å². The summed E-state index contributed by atoms with van der Waals surface area (Å²) in [5.41, 5.74) is 8.49. The Labute approximate surface area is 128 Å². The first-order valence-electron chi connectivity index (χ1n) is 7.65. The van der Waals surface area contributed by atoms with Crippen molar-refractivity contribution in [3.63, 3.8) is 0 Å². The van der Waals surface area contributed by atoms with Gasteiger partial charge < -0.3 is 5.73 Å². The first-order chi connectivity index (χ1) is 9.50. The quantitative estimate of drug-likeness (QED) is 0.921. The minimum absolute atomic E-state index is 0.440. The van der Waals surface area contributed by atoms with Gasteiger partial charge in [-0.2, -0.15) is 11.8 Å². The molecule has 0 bridgehead atoms. The van der Waals surface area contributed by atoms with Crippen molar-refractivity contribution in [1.82, 2.24) is 4.90 Å². The van der Waals surface area contributed by atoms with Crippen LogP contribution >= 0.6 is 11.8 Å². The highest BCUT2D eigenvalue weighted by Gasteiger charge is 2.23. The molecule has 2 N–H and O–H groups in total. The smallest absolute Gasteiger partial charge is 0.0234 e. The van der Waals surface area contributed by atoms with E-state index in [0.717, 1.165) is 13.1 Å². The number of hydrogen-bond donors (Lipinski definition) is 1. The third-order valence-corrected chi connectivity index (χ3v) is 5.61. The van der Waals surface area contributed by atoms with Gasteiger partial charge >= 0.3 is 0 Å². The second-order valence-electron chi connectivity index (χ2n) is 6.51. The van der Waals surface area contributed by atoms with E-state index in [9.17, 15) is 0 Å². The number of nitrogens with zero attached hydrogens (tertiary/aromatic N) is 1. The lowest BCUT2D eigenvalue weighted by molar-refractivity contribution is 0.276. The van der Waals surface area contributed by atoms with Crippen molar-refractivity contribution >= 4 is 11.8 Å². The van der Waals surface area contributed by atoms with Gasteiger partial charge in [0.2, 0.25) is 0 Å². The lowest BCUT2D eigenvalue weighted by atomic mass is 10.00. The standard InChI is InChI=1S/C17H28N2S/c1-14(12-18)16-6-4-15(5-7-16)13-19-9-8-17(2,3)20-11-10-19/h4-7,14H,8-13,18H2,1-3H3. The molecular formula is C17H28N2S. The monoisotopic (exact) mass is 292 g/mol. The van der Waals surface area contributed by atoms with Crippen molar-refractivity contribution in [1.29, 1.82) is 0 Å². The second-order valence-corrected chi connectivity index (χ2v) is 8.31. The molecule has 1 aromatic rings. The van der Waals surface area contributed by atoms with E-state index in [4.69, 9.17) is 5.73 Å². The Morgan fingerprint density at radius 3 is 2.60 bits per heavy atom. The molecule has 1 aromatic carbocycles. The summed E-state index contributed by atoms with van der Waals surface area (Å²) in [7, 11) is 0. The highest BCUT2D eigenvalue weighted by atomic mass is 32.2. The van der Waals surface area contributed by atoms with Gasteiger partial charge in [-0.3, -0.25) is 4.90 Å². The molecule has 2 rings (SSSR count). The molecule has 1 heterocycles. The maximum atomic E-state index is 5.72. The third kappa shape index (κ3) is 4.51. The maximum absolute atomic E-state index is 5.72. The second kappa shape index (κ2) is 6.97. The van der Waals surface area contributed by atoms with Crippen LogP contribution in [0.1, 0.15) is 44.2 Å². The van der Waals surface area contributed by atoms with E-state index in [1.165, 1.54) is 36.4 Å². The van der Waals surface area contributed by atoms with Crippen molar-refractivity contribution in [2.45, 2.75) is 44.4 Å². The maximum Gasteiger partial charge on any atom is 0.0234 e. The van der Waals surface area contributed by atoms with Crippen LogP contribution in [0.5, 0.6) is 0 Å². The van der Waals surface area contributed by atoms with Crippen LogP contribution in [-0.2, 0) is 6.54 Å². The van der Waals surface area contributed by atoms with E-state index in [2.05, 4.69) is 61.7 Å². The van der Waals surface area contributed by atoms with Gasteiger partial charge in [0.05, 0.1) is 0 Å². The molecular weight excluding hydrogens is 264 g/mol. The van der Waals surface area contributed by atoms with Crippen LogP contribution in [0.2, 0.25) is 0 Å². The zero-order valence-electron chi connectivity index (χ0n) is 13.1. The minimum atomic E-state index is 0.440. The zero-order valence-corrected chi connectivity index (χ0v) is 13.9. The summed E-state index contributed by atoms with van der Waals surface area (Å²) >= 11 is 2.11. The molecule has 1 atom stereocenters. The summed E-state index contributed by atoms with van der Waals surface area (Å²) in [5, 5.41) is 0. The summed E-state index contributed by atoms with van der Waals surface area (Å²) in [4.78, 5) is 2.59. The molecule has 1 aliphatic rings. The molecule has 3 heteroatoms. The van der Waals surface area contributed by atoms with Crippen LogP contribution in [0.3, 0.4) is 0 Å². The van der Waals surface area contributed by atoms with Gasteiger partial charge in [-0.05, 0) is 36.6 Å². The molecule has 1 saturated heterocycles. The predicted molar refractivity (Wildman–Crippen MR) is 90.3 cm³/mol. The number of hydrogen-bond acceptors (Lipinski definition) is 3. The first-order valence-corrected chi connectivity index (χ1v) is 8.64. The van der Waals surface area contributed by atoms with Gasteiger partial charge in [-0.15, -0.1) is 0 Å². The Kier molecular flexibility index (Phi) is 5.53. The lowest BCUT2D eigenvalue weighted by Crippen LogP contribution is -2.26. The topological polar surface area (TPSA) is 29.3 Å². The van der Waals surface area contributed by atoms with Crippen molar-refractivity contribution in [3.8, 4) is 0 Å². The van der Waals surface area contributed by atoms with Crippen LogP contribution in [0.15, 0.2) is 24.3 Å². The molecule has 0 amide bonds. The normalized spacial score (nSPS) is 21.4. The Balaban J connectivity index is 1.93. The van der Waals surface area contributed by atoms with Gasteiger partial charge in [0.25, 0.3) is 0 Å². The summed E-state index contributed by atoms with van der Waals surface area (Å²) in [6.45, 7) is 11.1. The van der Waals surface area contributed by atoms with Gasteiger partial charge in [0.1, 0.15) is 0 Å². The molecule has 0 aliphatic carbocycles. The van der Waals surface area contributed by atoms with Crippen LogP contribution < -0.4 is 5.73 Å². The van der Waals surface area contributed by atoms with E-state index in [1.54, 1.807) is 0 Å². The molecule has 1 fully saturated rings. The number of rotatable bonds is 4. The van der Waals surface area contributed by atoms with Gasteiger partial charge in [-0.1, -0.05) is 45.0 Å². The molecule has 0 aromatic heterocycles. The largest absolute Gasteiger partial charge is 0.330 e. The third-order valence-electron chi connectivity index (χ3n) is 4.24. The fraction of sp³-hybridized carbons (Fsp3) is 0.647. The average Bonchev–Trinajstić information content (AvgIpc) is 2.60. The molecule has 112 valence electrons. The number of nitrogens with two attached hydrogens (primary N) is 1. The first kappa shape index (κ1) is 15.9.